The number of aryl methyl sites for hydroxylation is 3. The Balaban J connectivity index is 1.83. The van der Waals surface area contributed by atoms with Gasteiger partial charge in [-0.25, -0.2) is 0 Å². The van der Waals surface area contributed by atoms with Gasteiger partial charge in [-0.3, -0.25) is 9.78 Å². The molecule has 1 saturated heterocycles. The fourth-order valence-corrected chi connectivity index (χ4v) is 5.13. The molecule has 7 heteroatoms. The summed E-state index contributed by atoms with van der Waals surface area (Å²) in [5, 5.41) is 3.94. The number of nitrogens with zero attached hydrogens (tertiary/aromatic N) is 3. The predicted octanol–water partition coefficient (Wildman–Crippen LogP) is 4.64. The minimum atomic E-state index is -0.295. The minimum absolute atomic E-state index is 0.0842. The number of rotatable bonds is 6. The third kappa shape index (κ3) is 4.50. The zero-order valence-electron chi connectivity index (χ0n) is 19.8. The van der Waals surface area contributed by atoms with Gasteiger partial charge in [0, 0.05) is 23.3 Å². The van der Waals surface area contributed by atoms with E-state index < -0.39 is 0 Å². The van der Waals surface area contributed by atoms with E-state index in [1.807, 2.05) is 30.0 Å². The molecule has 0 saturated carbocycles. The van der Waals surface area contributed by atoms with Crippen LogP contribution in [0.15, 0.2) is 48.7 Å². The van der Waals surface area contributed by atoms with E-state index in [2.05, 4.69) is 66.8 Å². The van der Waals surface area contributed by atoms with Gasteiger partial charge in [-0.15, -0.1) is 0 Å². The van der Waals surface area contributed by atoms with E-state index in [0.717, 1.165) is 28.3 Å². The molecule has 2 aromatic heterocycles. The quantitative estimate of drug-likeness (QED) is 0.425. The number of benzene rings is 1. The van der Waals surface area contributed by atoms with E-state index in [9.17, 15) is 4.79 Å². The highest BCUT2D eigenvalue weighted by atomic mass is 32.1. The van der Waals surface area contributed by atoms with Crippen LogP contribution in [-0.4, -0.2) is 38.7 Å². The maximum atomic E-state index is 12.4. The van der Waals surface area contributed by atoms with Gasteiger partial charge in [0.15, 0.2) is 5.11 Å². The number of esters is 1. The summed E-state index contributed by atoms with van der Waals surface area (Å²) in [4.78, 5) is 19.0. The smallest absolute Gasteiger partial charge is 0.325 e. The SMILES string of the molecule is CCOC(=O)CN1C(=S)N[C@@H](c2ccccn2)[C@@H]1c1cc(C)n(-c2cc(C)cc(C)c2)c1C. The maximum absolute atomic E-state index is 12.4. The lowest BCUT2D eigenvalue weighted by Crippen LogP contribution is -2.35. The van der Waals surface area contributed by atoms with E-state index >= 15 is 0 Å². The van der Waals surface area contributed by atoms with Gasteiger partial charge in [-0.1, -0.05) is 12.1 Å². The number of ether oxygens (including phenoxy) is 1. The van der Waals surface area contributed by atoms with Crippen molar-refractivity contribution in [1.29, 1.82) is 0 Å². The molecule has 2 atom stereocenters. The van der Waals surface area contributed by atoms with Gasteiger partial charge in [0.1, 0.15) is 6.54 Å². The molecule has 1 aromatic carbocycles. The summed E-state index contributed by atoms with van der Waals surface area (Å²) in [6, 6.07) is 14.2. The lowest BCUT2D eigenvalue weighted by molar-refractivity contribution is -0.143. The highest BCUT2D eigenvalue weighted by Gasteiger charge is 2.42. The molecule has 0 unspecified atom stereocenters. The van der Waals surface area contributed by atoms with Crippen LogP contribution in [0.5, 0.6) is 0 Å². The normalized spacial score (nSPS) is 17.8. The summed E-state index contributed by atoms with van der Waals surface area (Å²) >= 11 is 5.68. The number of pyridine rings is 1. The van der Waals surface area contributed by atoms with Gasteiger partial charge in [-0.05, 0) is 93.9 Å². The molecule has 1 fully saturated rings. The molecule has 33 heavy (non-hydrogen) atoms. The molecule has 0 amide bonds. The first kappa shape index (κ1) is 23.0. The Kier molecular flexibility index (Phi) is 6.51. The summed E-state index contributed by atoms with van der Waals surface area (Å²) in [5.41, 5.74) is 7.81. The van der Waals surface area contributed by atoms with Crippen LogP contribution in [0.1, 0.15) is 52.8 Å². The molecule has 172 valence electrons. The standard InChI is InChI=1S/C26H30N4O2S/c1-6-32-23(31)15-29-25(24(28-26(29)33)22-9-7-8-10-27-22)21-14-18(4)30(19(21)5)20-12-16(2)11-17(3)13-20/h7-14,24-25H,6,15H2,1-5H3,(H,28,33)/t24-,25-/m0/s1. The lowest BCUT2D eigenvalue weighted by Gasteiger charge is -2.27. The Bertz CT molecular complexity index is 1170. The highest BCUT2D eigenvalue weighted by molar-refractivity contribution is 7.80. The largest absolute Gasteiger partial charge is 0.465 e. The van der Waals surface area contributed by atoms with Crippen molar-refractivity contribution in [3.8, 4) is 5.69 Å². The Morgan fingerprint density at radius 1 is 1.12 bits per heavy atom. The Morgan fingerprint density at radius 3 is 2.48 bits per heavy atom. The Morgan fingerprint density at radius 2 is 1.85 bits per heavy atom. The first-order valence-corrected chi connectivity index (χ1v) is 11.6. The van der Waals surface area contributed by atoms with Crippen LogP contribution in [-0.2, 0) is 9.53 Å². The third-order valence-corrected chi connectivity index (χ3v) is 6.41. The van der Waals surface area contributed by atoms with Crippen LogP contribution in [0.25, 0.3) is 5.69 Å². The van der Waals surface area contributed by atoms with Crippen molar-refractivity contribution in [3.63, 3.8) is 0 Å². The second kappa shape index (κ2) is 9.35. The summed E-state index contributed by atoms with van der Waals surface area (Å²) in [6.45, 7) is 10.7. The van der Waals surface area contributed by atoms with Crippen molar-refractivity contribution < 1.29 is 9.53 Å². The predicted molar refractivity (Wildman–Crippen MR) is 134 cm³/mol. The molecule has 0 aliphatic carbocycles. The maximum Gasteiger partial charge on any atom is 0.325 e. The van der Waals surface area contributed by atoms with Crippen molar-refractivity contribution in [3.05, 3.63) is 82.4 Å². The topological polar surface area (TPSA) is 59.4 Å². The number of carbonyl (C=O) groups is 1. The van der Waals surface area contributed by atoms with Gasteiger partial charge in [-0.2, -0.15) is 0 Å². The number of nitrogens with one attached hydrogen (secondary N) is 1. The Hall–Kier alpha value is -3.19. The minimum Gasteiger partial charge on any atom is -0.465 e. The van der Waals surface area contributed by atoms with Gasteiger partial charge < -0.3 is 19.5 Å². The molecular formula is C26H30N4O2S. The number of hydrogen-bond donors (Lipinski definition) is 1. The second-order valence-corrected chi connectivity index (χ2v) is 8.95. The van der Waals surface area contributed by atoms with E-state index in [0.29, 0.717) is 11.7 Å². The molecule has 1 aliphatic rings. The van der Waals surface area contributed by atoms with Gasteiger partial charge in [0.25, 0.3) is 0 Å². The average molecular weight is 463 g/mol. The number of thiocarbonyl (C=S) groups is 1. The van der Waals surface area contributed by atoms with Crippen molar-refractivity contribution >= 4 is 23.3 Å². The van der Waals surface area contributed by atoms with Gasteiger partial charge >= 0.3 is 5.97 Å². The van der Waals surface area contributed by atoms with E-state index in [1.165, 1.54) is 11.1 Å². The van der Waals surface area contributed by atoms with Gasteiger partial charge in [0.2, 0.25) is 0 Å². The monoisotopic (exact) mass is 462 g/mol. The molecule has 4 rings (SSSR count). The number of hydrogen-bond acceptors (Lipinski definition) is 4. The average Bonchev–Trinajstić information content (AvgIpc) is 3.23. The zero-order valence-corrected chi connectivity index (χ0v) is 20.6. The van der Waals surface area contributed by atoms with Crippen molar-refractivity contribution in [2.45, 2.75) is 46.7 Å². The molecular weight excluding hydrogens is 432 g/mol. The molecule has 3 heterocycles. The molecule has 6 nitrogen and oxygen atoms in total. The number of carbonyl (C=O) groups excluding carboxylic acids is 1. The van der Waals surface area contributed by atoms with Crippen LogP contribution in [0.3, 0.4) is 0 Å². The summed E-state index contributed by atoms with van der Waals surface area (Å²) in [5.74, 6) is -0.295. The van der Waals surface area contributed by atoms with Crippen LogP contribution >= 0.6 is 12.2 Å². The lowest BCUT2D eigenvalue weighted by atomic mass is 9.97. The van der Waals surface area contributed by atoms with E-state index in [-0.39, 0.29) is 24.6 Å². The molecule has 1 aliphatic heterocycles. The summed E-state index contributed by atoms with van der Waals surface area (Å²) in [7, 11) is 0. The van der Waals surface area contributed by atoms with Crippen molar-refractivity contribution in [2.75, 3.05) is 13.2 Å². The first-order chi connectivity index (χ1) is 15.8. The van der Waals surface area contributed by atoms with Crippen LogP contribution in [0.4, 0.5) is 0 Å². The summed E-state index contributed by atoms with van der Waals surface area (Å²) in [6.07, 6.45) is 1.78. The zero-order chi connectivity index (χ0) is 23.7. The van der Waals surface area contributed by atoms with E-state index in [1.54, 1.807) is 6.20 Å². The van der Waals surface area contributed by atoms with Crippen LogP contribution in [0.2, 0.25) is 0 Å². The van der Waals surface area contributed by atoms with Crippen molar-refractivity contribution in [1.82, 2.24) is 19.8 Å². The van der Waals surface area contributed by atoms with Crippen LogP contribution in [0, 0.1) is 27.7 Å². The van der Waals surface area contributed by atoms with E-state index in [4.69, 9.17) is 17.0 Å². The van der Waals surface area contributed by atoms with Crippen LogP contribution < -0.4 is 5.32 Å². The molecule has 0 spiro atoms. The third-order valence-electron chi connectivity index (χ3n) is 6.06. The Labute approximate surface area is 200 Å². The summed E-state index contributed by atoms with van der Waals surface area (Å²) < 4.78 is 7.52. The highest BCUT2D eigenvalue weighted by Crippen LogP contribution is 2.41. The fraction of sp³-hybridized carbons (Fsp3) is 0.346. The molecule has 1 N–H and O–H groups in total. The molecule has 3 aromatic rings. The number of aromatic nitrogens is 2. The van der Waals surface area contributed by atoms with Crippen molar-refractivity contribution in [2.24, 2.45) is 0 Å². The second-order valence-electron chi connectivity index (χ2n) is 8.57. The molecule has 0 radical (unpaired) electrons. The first-order valence-electron chi connectivity index (χ1n) is 11.2. The molecule has 0 bridgehead atoms. The fourth-order valence-electron chi connectivity index (χ4n) is 4.82. The van der Waals surface area contributed by atoms with Gasteiger partial charge in [0.05, 0.1) is 24.4 Å².